The Morgan fingerprint density at radius 2 is 1.83 bits per heavy atom. The number of carbonyl (C=O) groups excluding carboxylic acids is 2. The summed E-state index contributed by atoms with van der Waals surface area (Å²) in [5, 5.41) is 12.4. The van der Waals surface area contributed by atoms with Crippen LogP contribution in [0.3, 0.4) is 0 Å². The molecule has 0 aromatic carbocycles. The fraction of sp³-hybridized carbons (Fsp3) is 0.882. The van der Waals surface area contributed by atoms with Crippen LogP contribution in [-0.4, -0.2) is 41.7 Å². The largest absolute Gasteiger partial charge is 0.393 e. The van der Waals surface area contributed by atoms with Crippen molar-refractivity contribution in [3.8, 4) is 0 Å². The summed E-state index contributed by atoms with van der Waals surface area (Å²) < 4.78 is 5.75. The van der Waals surface area contributed by atoms with Crippen LogP contribution < -0.4 is 5.32 Å². The van der Waals surface area contributed by atoms with E-state index in [2.05, 4.69) is 5.32 Å². The molecule has 0 aliphatic heterocycles. The van der Waals surface area contributed by atoms with Crippen LogP contribution in [0.25, 0.3) is 0 Å². The summed E-state index contributed by atoms with van der Waals surface area (Å²) in [4.78, 5) is 23.3. The maximum Gasteiger partial charge on any atom is 0.220 e. The Morgan fingerprint density at radius 1 is 1.17 bits per heavy atom. The van der Waals surface area contributed by atoms with Gasteiger partial charge in [0, 0.05) is 64.1 Å². The zero-order valence-corrected chi connectivity index (χ0v) is 17.0. The molecular weight excluding hydrogens is 371 g/mol. The molecule has 2 rings (SSSR count). The number of ketones is 1. The van der Waals surface area contributed by atoms with E-state index in [1.807, 2.05) is 6.92 Å². The summed E-state index contributed by atoms with van der Waals surface area (Å²) in [6, 6.07) is 0.189. The number of aliphatic hydroxyl groups is 1. The van der Waals surface area contributed by atoms with E-state index >= 15 is 0 Å². The molecule has 0 heterocycles. The first kappa shape index (κ1) is 21.2. The molecule has 2 aliphatic rings. The van der Waals surface area contributed by atoms with E-state index in [4.69, 9.17) is 4.74 Å². The Balaban J connectivity index is 0.00000264. The van der Waals surface area contributed by atoms with E-state index in [1.165, 1.54) is 0 Å². The normalized spacial score (nSPS) is 30.0. The second-order valence-electron chi connectivity index (χ2n) is 6.66. The van der Waals surface area contributed by atoms with Crippen LogP contribution in [0.4, 0.5) is 0 Å². The van der Waals surface area contributed by atoms with Crippen molar-refractivity contribution in [1.29, 1.82) is 0 Å². The first-order valence-electron chi connectivity index (χ1n) is 8.70. The van der Waals surface area contributed by atoms with Gasteiger partial charge in [0.2, 0.25) is 5.91 Å². The van der Waals surface area contributed by atoms with Crippen molar-refractivity contribution in [3.63, 3.8) is 0 Å². The average molecular weight is 400 g/mol. The van der Waals surface area contributed by atoms with Crippen molar-refractivity contribution < 1.29 is 52.1 Å². The second-order valence-corrected chi connectivity index (χ2v) is 6.66. The summed E-state index contributed by atoms with van der Waals surface area (Å²) in [5.74, 6) is 0.548. The number of ether oxygens (including phenoxy) is 1. The van der Waals surface area contributed by atoms with Gasteiger partial charge in [0.05, 0.1) is 12.2 Å². The van der Waals surface area contributed by atoms with Crippen molar-refractivity contribution in [2.75, 3.05) is 6.61 Å². The molecule has 6 heteroatoms. The van der Waals surface area contributed by atoms with Gasteiger partial charge in [-0.05, 0) is 44.9 Å². The molecule has 2 saturated carbocycles. The number of aliphatic hydroxyl groups excluding tert-OH is 1. The van der Waals surface area contributed by atoms with Crippen molar-refractivity contribution in [3.05, 3.63) is 0 Å². The third-order valence-corrected chi connectivity index (χ3v) is 4.85. The SMILES string of the molecule is CCC(=O)C1CC(NC(=O)CCCOC2CCC(O)CC2)C1.[Y]. The van der Waals surface area contributed by atoms with Crippen LogP contribution in [0.5, 0.6) is 0 Å². The molecule has 0 aromatic heterocycles. The number of hydrogen-bond acceptors (Lipinski definition) is 4. The van der Waals surface area contributed by atoms with E-state index < -0.39 is 0 Å². The first-order chi connectivity index (χ1) is 10.6. The zero-order valence-electron chi connectivity index (χ0n) is 14.1. The van der Waals surface area contributed by atoms with E-state index in [0.29, 0.717) is 25.2 Å². The molecular formula is C17H29NO4Y. The van der Waals surface area contributed by atoms with Crippen molar-refractivity contribution >= 4 is 11.7 Å². The van der Waals surface area contributed by atoms with Gasteiger partial charge in [-0.3, -0.25) is 9.59 Å². The van der Waals surface area contributed by atoms with Crippen molar-refractivity contribution in [2.45, 2.75) is 83.0 Å². The summed E-state index contributed by atoms with van der Waals surface area (Å²) in [6.45, 7) is 2.50. The molecule has 23 heavy (non-hydrogen) atoms. The third-order valence-electron chi connectivity index (χ3n) is 4.85. The van der Waals surface area contributed by atoms with Gasteiger partial charge in [-0.25, -0.2) is 0 Å². The Hall–Kier alpha value is 0.164. The van der Waals surface area contributed by atoms with Gasteiger partial charge in [-0.15, -0.1) is 0 Å². The van der Waals surface area contributed by atoms with Crippen molar-refractivity contribution in [1.82, 2.24) is 5.32 Å². The van der Waals surface area contributed by atoms with E-state index in [1.54, 1.807) is 0 Å². The van der Waals surface area contributed by atoms with Crippen LogP contribution >= 0.6 is 0 Å². The van der Waals surface area contributed by atoms with Crippen LogP contribution in [-0.2, 0) is 47.0 Å². The Bertz CT molecular complexity index is 377. The molecule has 2 fully saturated rings. The number of hydrogen-bond donors (Lipinski definition) is 2. The Morgan fingerprint density at radius 3 is 2.43 bits per heavy atom. The average Bonchev–Trinajstić information content (AvgIpc) is 2.48. The fourth-order valence-electron chi connectivity index (χ4n) is 3.28. The Kier molecular flexibility index (Phi) is 10.1. The minimum atomic E-state index is -0.156. The zero-order chi connectivity index (χ0) is 15.9. The van der Waals surface area contributed by atoms with E-state index in [-0.39, 0.29) is 62.8 Å². The molecule has 0 saturated heterocycles. The van der Waals surface area contributed by atoms with Crippen molar-refractivity contribution in [2.24, 2.45) is 5.92 Å². The Labute approximate surface area is 164 Å². The number of carbonyl (C=O) groups is 2. The molecule has 0 atom stereocenters. The number of rotatable bonds is 8. The molecule has 5 nitrogen and oxygen atoms in total. The number of nitrogens with one attached hydrogen (secondary N) is 1. The predicted molar refractivity (Wildman–Crippen MR) is 83.4 cm³/mol. The summed E-state index contributed by atoms with van der Waals surface area (Å²) in [6.07, 6.45) is 7.00. The van der Waals surface area contributed by atoms with Gasteiger partial charge in [0.1, 0.15) is 5.78 Å². The molecule has 2 N–H and O–H groups in total. The molecule has 0 aromatic rings. The van der Waals surface area contributed by atoms with E-state index in [0.717, 1.165) is 44.9 Å². The summed E-state index contributed by atoms with van der Waals surface area (Å²) in [5.41, 5.74) is 0. The molecule has 1 radical (unpaired) electrons. The van der Waals surface area contributed by atoms with Crippen LogP contribution in [0.2, 0.25) is 0 Å². The summed E-state index contributed by atoms with van der Waals surface area (Å²) in [7, 11) is 0. The maximum absolute atomic E-state index is 11.8. The van der Waals surface area contributed by atoms with Gasteiger partial charge in [0.25, 0.3) is 0 Å². The molecule has 2 aliphatic carbocycles. The quantitative estimate of drug-likeness (QED) is 0.611. The van der Waals surface area contributed by atoms with Gasteiger partial charge in [-0.2, -0.15) is 0 Å². The first-order valence-corrected chi connectivity index (χ1v) is 8.70. The smallest absolute Gasteiger partial charge is 0.220 e. The topological polar surface area (TPSA) is 75.6 Å². The van der Waals surface area contributed by atoms with Gasteiger partial charge < -0.3 is 15.2 Å². The number of amides is 1. The summed E-state index contributed by atoms with van der Waals surface area (Å²) >= 11 is 0. The molecule has 1 amide bonds. The molecule has 0 spiro atoms. The second kappa shape index (κ2) is 10.9. The standard InChI is InChI=1S/C17H29NO4.Y/c1-2-16(20)12-10-13(11-12)18-17(21)4-3-9-22-15-7-5-14(19)6-8-15;/h12-15,19H,2-11H2,1H3,(H,18,21);. The molecule has 129 valence electrons. The van der Waals surface area contributed by atoms with Crippen LogP contribution in [0.15, 0.2) is 0 Å². The maximum atomic E-state index is 11.8. The third kappa shape index (κ3) is 7.29. The minimum absolute atomic E-state index is 0. The molecule has 0 unspecified atom stereocenters. The fourth-order valence-corrected chi connectivity index (χ4v) is 3.28. The molecule has 0 bridgehead atoms. The van der Waals surface area contributed by atoms with Gasteiger partial charge in [0.15, 0.2) is 0 Å². The van der Waals surface area contributed by atoms with E-state index in [9.17, 15) is 14.7 Å². The van der Waals surface area contributed by atoms with Gasteiger partial charge >= 0.3 is 0 Å². The van der Waals surface area contributed by atoms with Crippen LogP contribution in [0.1, 0.15) is 64.7 Å². The predicted octanol–water partition coefficient (Wildman–Crippen LogP) is 1.96. The minimum Gasteiger partial charge on any atom is -0.393 e. The number of Topliss-reactive ketones (excluding diaryl/α,β-unsaturated/α-hetero) is 1. The van der Waals surface area contributed by atoms with Crippen LogP contribution in [0, 0.1) is 5.92 Å². The van der Waals surface area contributed by atoms with Gasteiger partial charge in [-0.1, -0.05) is 6.92 Å². The monoisotopic (exact) mass is 400 g/mol.